The van der Waals surface area contributed by atoms with Crippen LogP contribution >= 0.6 is 11.8 Å². The summed E-state index contributed by atoms with van der Waals surface area (Å²) in [5, 5.41) is 8.45. The second kappa shape index (κ2) is 7.43. The molecule has 0 aromatic rings. The van der Waals surface area contributed by atoms with Gasteiger partial charge in [-0.25, -0.2) is 4.79 Å². The molecule has 0 aromatic carbocycles. The summed E-state index contributed by atoms with van der Waals surface area (Å²) >= 11 is 1.84. The van der Waals surface area contributed by atoms with Gasteiger partial charge in [0, 0.05) is 6.61 Å². The van der Waals surface area contributed by atoms with E-state index < -0.39 is 12.1 Å². The third kappa shape index (κ3) is 6.49. The second-order valence-corrected chi connectivity index (χ2v) is 3.80. The Hall–Kier alpha value is -0.220. The number of hydrogen-bond donors (Lipinski definition) is 1. The van der Waals surface area contributed by atoms with E-state index in [1.165, 1.54) is 0 Å². The van der Waals surface area contributed by atoms with E-state index in [2.05, 4.69) is 6.92 Å². The van der Waals surface area contributed by atoms with Crippen molar-refractivity contribution in [1.82, 2.24) is 0 Å². The van der Waals surface area contributed by atoms with Crippen LogP contribution in [0.25, 0.3) is 0 Å². The predicted molar refractivity (Wildman–Crippen MR) is 50.7 cm³/mol. The zero-order valence-electron chi connectivity index (χ0n) is 7.58. The van der Waals surface area contributed by atoms with Crippen LogP contribution in [0.5, 0.6) is 0 Å². The molecule has 0 aromatic heterocycles. The van der Waals surface area contributed by atoms with E-state index in [1.807, 2.05) is 11.8 Å². The Morgan fingerprint density at radius 3 is 2.83 bits per heavy atom. The van der Waals surface area contributed by atoms with Gasteiger partial charge in [0.25, 0.3) is 0 Å². The number of thioether (sulfide) groups is 1. The van der Waals surface area contributed by atoms with E-state index in [9.17, 15) is 4.79 Å². The fourth-order valence-electron chi connectivity index (χ4n) is 0.637. The molecule has 4 heteroatoms. The van der Waals surface area contributed by atoms with Gasteiger partial charge in [0.15, 0.2) is 6.10 Å². The van der Waals surface area contributed by atoms with Gasteiger partial charge in [-0.2, -0.15) is 11.8 Å². The van der Waals surface area contributed by atoms with Crippen LogP contribution in [0.15, 0.2) is 0 Å². The fourth-order valence-corrected chi connectivity index (χ4v) is 1.25. The average molecular weight is 192 g/mol. The smallest absolute Gasteiger partial charge is 0.332 e. The first-order valence-electron chi connectivity index (χ1n) is 4.10. The molecular formula is C8H16O3S. The van der Waals surface area contributed by atoms with Gasteiger partial charge in [-0.15, -0.1) is 0 Å². The lowest BCUT2D eigenvalue weighted by molar-refractivity contribution is -0.149. The van der Waals surface area contributed by atoms with E-state index in [-0.39, 0.29) is 0 Å². The molecule has 0 aliphatic carbocycles. The summed E-state index contributed by atoms with van der Waals surface area (Å²) in [4.78, 5) is 10.3. The highest BCUT2D eigenvalue weighted by molar-refractivity contribution is 7.99. The van der Waals surface area contributed by atoms with Crippen LogP contribution in [-0.4, -0.2) is 35.3 Å². The van der Waals surface area contributed by atoms with E-state index in [4.69, 9.17) is 9.84 Å². The maximum absolute atomic E-state index is 10.3. The molecule has 0 radical (unpaired) electrons. The van der Waals surface area contributed by atoms with Crippen molar-refractivity contribution in [3.05, 3.63) is 0 Å². The first-order chi connectivity index (χ1) is 5.68. The maximum Gasteiger partial charge on any atom is 0.332 e. The molecule has 1 N–H and O–H groups in total. The summed E-state index contributed by atoms with van der Waals surface area (Å²) < 4.78 is 5.04. The van der Waals surface area contributed by atoms with Crippen LogP contribution in [0.3, 0.4) is 0 Å². The minimum Gasteiger partial charge on any atom is -0.479 e. The number of hydrogen-bond acceptors (Lipinski definition) is 3. The van der Waals surface area contributed by atoms with Crippen LogP contribution in [-0.2, 0) is 9.53 Å². The largest absolute Gasteiger partial charge is 0.479 e. The maximum atomic E-state index is 10.3. The van der Waals surface area contributed by atoms with Crippen molar-refractivity contribution in [2.24, 2.45) is 0 Å². The van der Waals surface area contributed by atoms with Crippen molar-refractivity contribution < 1.29 is 14.6 Å². The molecule has 0 rings (SSSR count). The highest BCUT2D eigenvalue weighted by Crippen LogP contribution is 2.01. The molecule has 1 unspecified atom stereocenters. The van der Waals surface area contributed by atoms with Gasteiger partial charge in [-0.1, -0.05) is 6.92 Å². The molecule has 0 saturated carbocycles. The summed E-state index contributed by atoms with van der Waals surface area (Å²) in [7, 11) is 0. The second-order valence-electron chi connectivity index (χ2n) is 2.40. The first kappa shape index (κ1) is 11.8. The van der Waals surface area contributed by atoms with Gasteiger partial charge in [0.05, 0.1) is 0 Å². The molecular weight excluding hydrogens is 176 g/mol. The van der Waals surface area contributed by atoms with Crippen LogP contribution in [0.4, 0.5) is 0 Å². The molecule has 72 valence electrons. The third-order valence-electron chi connectivity index (χ3n) is 1.35. The van der Waals surface area contributed by atoms with Gasteiger partial charge in [-0.05, 0) is 24.9 Å². The zero-order valence-corrected chi connectivity index (χ0v) is 8.39. The molecule has 1 atom stereocenters. The molecule has 0 fully saturated rings. The number of carboxylic acid groups (broad SMARTS) is 1. The molecule has 0 spiro atoms. The SMILES string of the molecule is CCSCCCOC(C)C(=O)O. The molecule has 3 nitrogen and oxygen atoms in total. The van der Waals surface area contributed by atoms with E-state index in [0.717, 1.165) is 17.9 Å². The summed E-state index contributed by atoms with van der Waals surface area (Å²) in [5.41, 5.74) is 0. The van der Waals surface area contributed by atoms with E-state index in [0.29, 0.717) is 6.61 Å². The normalized spacial score (nSPS) is 12.8. The number of ether oxygens (including phenoxy) is 1. The topological polar surface area (TPSA) is 46.5 Å². The molecule has 12 heavy (non-hydrogen) atoms. The van der Waals surface area contributed by atoms with Crippen molar-refractivity contribution in [2.75, 3.05) is 18.1 Å². The summed E-state index contributed by atoms with van der Waals surface area (Å²) in [6, 6.07) is 0. The first-order valence-corrected chi connectivity index (χ1v) is 5.26. The monoisotopic (exact) mass is 192 g/mol. The van der Waals surface area contributed by atoms with Crippen molar-refractivity contribution in [2.45, 2.75) is 26.4 Å². The lowest BCUT2D eigenvalue weighted by Crippen LogP contribution is -2.20. The average Bonchev–Trinajstić information content (AvgIpc) is 2.03. The van der Waals surface area contributed by atoms with E-state index in [1.54, 1.807) is 6.92 Å². The number of carboxylic acids is 1. The van der Waals surface area contributed by atoms with E-state index >= 15 is 0 Å². The zero-order chi connectivity index (χ0) is 9.40. The quantitative estimate of drug-likeness (QED) is 0.623. The van der Waals surface area contributed by atoms with Crippen LogP contribution in [0.1, 0.15) is 20.3 Å². The molecule has 0 amide bonds. The van der Waals surface area contributed by atoms with Crippen molar-refractivity contribution in [3.8, 4) is 0 Å². The van der Waals surface area contributed by atoms with Gasteiger partial charge < -0.3 is 9.84 Å². The minimum atomic E-state index is -0.891. The summed E-state index contributed by atoms with van der Waals surface area (Å²) in [6.07, 6.45) is 0.257. The standard InChI is InChI=1S/C8H16O3S/c1-3-12-6-4-5-11-7(2)8(9)10/h7H,3-6H2,1-2H3,(H,9,10). The molecule has 0 saturated heterocycles. The molecule has 0 aliphatic rings. The highest BCUT2D eigenvalue weighted by atomic mass is 32.2. The summed E-state index contributed by atoms with van der Waals surface area (Å²) in [6.45, 7) is 4.20. The Labute approximate surface area is 77.5 Å². The van der Waals surface area contributed by atoms with Crippen molar-refractivity contribution in [1.29, 1.82) is 0 Å². The summed E-state index contributed by atoms with van der Waals surface area (Å²) in [5.74, 6) is 1.26. The van der Waals surface area contributed by atoms with Crippen LogP contribution < -0.4 is 0 Å². The Kier molecular flexibility index (Phi) is 7.29. The Morgan fingerprint density at radius 2 is 2.33 bits per heavy atom. The number of carbonyl (C=O) groups is 1. The lowest BCUT2D eigenvalue weighted by Gasteiger charge is -2.07. The van der Waals surface area contributed by atoms with Gasteiger partial charge in [0.1, 0.15) is 0 Å². The molecule has 0 bridgehead atoms. The number of aliphatic carboxylic acids is 1. The lowest BCUT2D eigenvalue weighted by atomic mass is 10.4. The highest BCUT2D eigenvalue weighted by Gasteiger charge is 2.09. The van der Waals surface area contributed by atoms with Gasteiger partial charge >= 0.3 is 5.97 Å². The van der Waals surface area contributed by atoms with Crippen LogP contribution in [0.2, 0.25) is 0 Å². The fraction of sp³-hybridized carbons (Fsp3) is 0.875. The number of rotatable bonds is 7. The molecule has 0 heterocycles. The Balaban J connectivity index is 3.14. The van der Waals surface area contributed by atoms with Gasteiger partial charge in [0.2, 0.25) is 0 Å². The van der Waals surface area contributed by atoms with Crippen LogP contribution in [0, 0.1) is 0 Å². The molecule has 0 aliphatic heterocycles. The van der Waals surface area contributed by atoms with Gasteiger partial charge in [-0.3, -0.25) is 0 Å². The van der Waals surface area contributed by atoms with Crippen molar-refractivity contribution >= 4 is 17.7 Å². The minimum absolute atomic E-state index is 0.542. The van der Waals surface area contributed by atoms with Crippen molar-refractivity contribution in [3.63, 3.8) is 0 Å². The Morgan fingerprint density at radius 1 is 1.67 bits per heavy atom. The third-order valence-corrected chi connectivity index (χ3v) is 2.34. The predicted octanol–water partition coefficient (Wildman–Crippen LogP) is 1.62. The Bertz CT molecular complexity index is 127.